The molecule has 2 aliphatic heterocycles. The molecule has 0 radical (unpaired) electrons. The van der Waals surface area contributed by atoms with Gasteiger partial charge in [0, 0.05) is 16.9 Å². The number of esters is 1. The number of allylic oxidation sites excluding steroid dienone is 1. The van der Waals surface area contributed by atoms with Crippen molar-refractivity contribution in [3.8, 4) is 0 Å². The third-order valence-corrected chi connectivity index (χ3v) is 6.11. The summed E-state index contributed by atoms with van der Waals surface area (Å²) in [5.74, 6) is -1.90. The average Bonchev–Trinajstić information content (AvgIpc) is 3.20. The zero-order chi connectivity index (χ0) is 24.2. The summed E-state index contributed by atoms with van der Waals surface area (Å²) >= 11 is 1.28. The highest BCUT2D eigenvalue weighted by Gasteiger charge is 2.42. The molecule has 1 amide bonds. The van der Waals surface area contributed by atoms with Crippen LogP contribution in [0, 0.1) is 11.6 Å². The van der Waals surface area contributed by atoms with E-state index in [1.807, 2.05) is 0 Å². The van der Waals surface area contributed by atoms with Gasteiger partial charge in [0.15, 0.2) is 5.17 Å². The molecular weight excluding hydrogens is 460 g/mol. The first-order chi connectivity index (χ1) is 16.4. The van der Waals surface area contributed by atoms with Crippen LogP contribution in [0.4, 0.5) is 14.5 Å². The van der Waals surface area contributed by atoms with Crippen molar-refractivity contribution in [1.29, 1.82) is 0 Å². The van der Waals surface area contributed by atoms with Gasteiger partial charge in [0.2, 0.25) is 5.91 Å². The van der Waals surface area contributed by atoms with Crippen LogP contribution >= 0.6 is 11.8 Å². The summed E-state index contributed by atoms with van der Waals surface area (Å²) in [4.78, 5) is 31.9. The highest BCUT2D eigenvalue weighted by atomic mass is 32.2. The first-order valence-electron chi connectivity index (χ1n) is 10.4. The van der Waals surface area contributed by atoms with Gasteiger partial charge in [-0.15, -0.1) is 0 Å². The molecule has 4 rings (SSSR count). The second-order valence-electron chi connectivity index (χ2n) is 7.53. The number of fused-ring (bicyclic) bond motifs is 1. The number of benzene rings is 2. The van der Waals surface area contributed by atoms with Gasteiger partial charge >= 0.3 is 5.97 Å². The Kier molecular flexibility index (Phi) is 6.93. The van der Waals surface area contributed by atoms with Crippen LogP contribution in [0.5, 0.6) is 0 Å². The van der Waals surface area contributed by atoms with Gasteiger partial charge in [-0.3, -0.25) is 4.79 Å². The lowest BCUT2D eigenvalue weighted by Gasteiger charge is -2.36. The summed E-state index contributed by atoms with van der Waals surface area (Å²) in [6.07, 6.45) is 1.38. The van der Waals surface area contributed by atoms with Gasteiger partial charge in [0.05, 0.1) is 23.7 Å². The second kappa shape index (κ2) is 10.0. The van der Waals surface area contributed by atoms with Crippen LogP contribution in [0.2, 0.25) is 0 Å². The molecule has 0 aliphatic carbocycles. The van der Waals surface area contributed by atoms with Gasteiger partial charge in [0.25, 0.3) is 0 Å². The number of halogens is 2. The Balaban J connectivity index is 1.67. The minimum atomic E-state index is -0.870. The van der Waals surface area contributed by atoms with Crippen molar-refractivity contribution in [2.24, 2.45) is 4.99 Å². The van der Waals surface area contributed by atoms with Crippen molar-refractivity contribution >= 4 is 34.5 Å². The highest BCUT2D eigenvalue weighted by Crippen LogP contribution is 2.45. The topological polar surface area (TPSA) is 71.0 Å². The van der Waals surface area contributed by atoms with Gasteiger partial charge in [0.1, 0.15) is 18.2 Å². The largest absolute Gasteiger partial charge is 0.458 e. The molecule has 0 fully saturated rings. The molecule has 2 aromatic carbocycles. The summed E-state index contributed by atoms with van der Waals surface area (Å²) < 4.78 is 33.4. The Morgan fingerprint density at radius 1 is 1.21 bits per heavy atom. The molecule has 0 saturated carbocycles. The molecule has 1 atom stereocenters. The predicted molar refractivity (Wildman–Crippen MR) is 128 cm³/mol. The van der Waals surface area contributed by atoms with Gasteiger partial charge in [-0.25, -0.2) is 18.6 Å². The van der Waals surface area contributed by atoms with Crippen molar-refractivity contribution < 1.29 is 23.1 Å². The van der Waals surface area contributed by atoms with E-state index >= 15 is 0 Å². The lowest BCUT2D eigenvalue weighted by Crippen LogP contribution is -2.38. The first-order valence-corrected chi connectivity index (χ1v) is 11.3. The Hall–Kier alpha value is -3.72. The number of nitrogens with one attached hydrogen (secondary N) is 1. The van der Waals surface area contributed by atoms with E-state index in [4.69, 9.17) is 4.74 Å². The molecule has 0 bridgehead atoms. The second-order valence-corrected chi connectivity index (χ2v) is 8.37. The summed E-state index contributed by atoms with van der Waals surface area (Å²) in [5, 5.41) is 4.99. The Labute approximate surface area is 199 Å². The average molecular weight is 482 g/mol. The van der Waals surface area contributed by atoms with Crippen molar-refractivity contribution in [1.82, 2.24) is 4.90 Å². The molecule has 2 aromatic rings. The number of rotatable bonds is 7. The molecule has 0 spiro atoms. The van der Waals surface area contributed by atoms with E-state index in [2.05, 4.69) is 16.9 Å². The fourth-order valence-electron chi connectivity index (χ4n) is 3.74. The van der Waals surface area contributed by atoms with Crippen molar-refractivity contribution in [3.63, 3.8) is 0 Å². The standard InChI is InChI=1S/C25H21F2N3O3S/c1-3-12-33-24(32)22-15(2)28-25-30(23(22)19-6-4-5-7-20(19)27)18(14-34-25)13-21(31)29-17-10-8-16(26)9-11-17/h3-11,14,23H,1,12-13H2,2H3,(H,29,31)/t23-/m1/s1. The summed E-state index contributed by atoms with van der Waals surface area (Å²) in [5.41, 5.74) is 1.83. The maximum atomic E-state index is 15.0. The lowest BCUT2D eigenvalue weighted by atomic mass is 9.93. The molecule has 0 aromatic heterocycles. The molecule has 174 valence electrons. The van der Waals surface area contributed by atoms with E-state index in [0.717, 1.165) is 0 Å². The van der Waals surface area contributed by atoms with E-state index in [1.165, 1.54) is 48.2 Å². The Bertz CT molecular complexity index is 1240. The van der Waals surface area contributed by atoms with Crippen molar-refractivity contribution in [2.75, 3.05) is 11.9 Å². The molecule has 0 unspecified atom stereocenters. The summed E-state index contributed by atoms with van der Waals surface area (Å²) in [6, 6.07) is 10.7. The zero-order valence-corrected chi connectivity index (χ0v) is 19.1. The number of anilines is 1. The summed E-state index contributed by atoms with van der Waals surface area (Å²) in [6.45, 7) is 5.22. The van der Waals surface area contributed by atoms with Crippen molar-refractivity contribution in [3.05, 3.63) is 101 Å². The molecule has 1 N–H and O–H groups in total. The van der Waals surface area contributed by atoms with Gasteiger partial charge in [-0.1, -0.05) is 42.6 Å². The SMILES string of the molecule is C=CCOC(=O)C1=C(C)N=C2SC=C(CC(=O)Nc3ccc(F)cc3)N2[C@@H]1c1ccccc1F. The maximum Gasteiger partial charge on any atom is 0.338 e. The molecular formula is C25H21F2N3O3S. The third kappa shape index (κ3) is 4.79. The smallest absolute Gasteiger partial charge is 0.338 e. The molecule has 2 aliphatic rings. The van der Waals surface area contributed by atoms with Crippen LogP contribution in [0.25, 0.3) is 0 Å². The van der Waals surface area contributed by atoms with Crippen LogP contribution in [0.1, 0.15) is 24.9 Å². The molecule has 34 heavy (non-hydrogen) atoms. The quantitative estimate of drug-likeness (QED) is 0.429. The predicted octanol–water partition coefficient (Wildman–Crippen LogP) is 5.30. The Morgan fingerprint density at radius 3 is 2.65 bits per heavy atom. The van der Waals surface area contributed by atoms with Gasteiger partial charge in [-0.05, 0) is 42.7 Å². The fraction of sp³-hybridized carbons (Fsp3) is 0.160. The summed E-state index contributed by atoms with van der Waals surface area (Å²) in [7, 11) is 0. The van der Waals surface area contributed by atoms with E-state index in [1.54, 1.807) is 35.4 Å². The minimum absolute atomic E-state index is 0.00625. The van der Waals surface area contributed by atoms with Crippen LogP contribution in [-0.4, -0.2) is 28.6 Å². The number of amidine groups is 1. The minimum Gasteiger partial charge on any atom is -0.458 e. The number of aliphatic imine (C=N–C) groups is 1. The van der Waals surface area contributed by atoms with Crippen LogP contribution in [0.3, 0.4) is 0 Å². The number of hydrogen-bond donors (Lipinski definition) is 1. The van der Waals surface area contributed by atoms with Crippen LogP contribution < -0.4 is 5.32 Å². The Morgan fingerprint density at radius 2 is 1.94 bits per heavy atom. The molecule has 0 saturated heterocycles. The number of nitrogens with zero attached hydrogens (tertiary/aromatic N) is 2. The number of hydrogen-bond acceptors (Lipinski definition) is 6. The molecule has 6 nitrogen and oxygen atoms in total. The number of thioether (sulfide) groups is 1. The number of ether oxygens (including phenoxy) is 1. The molecule has 2 heterocycles. The normalized spacial score (nSPS) is 17.0. The van der Waals surface area contributed by atoms with E-state index in [0.29, 0.717) is 22.2 Å². The highest BCUT2D eigenvalue weighted by molar-refractivity contribution is 8.16. The van der Waals surface area contributed by atoms with Crippen LogP contribution in [-0.2, 0) is 14.3 Å². The van der Waals surface area contributed by atoms with Crippen molar-refractivity contribution in [2.45, 2.75) is 19.4 Å². The zero-order valence-electron chi connectivity index (χ0n) is 18.3. The van der Waals surface area contributed by atoms with E-state index in [9.17, 15) is 18.4 Å². The molecule has 9 heteroatoms. The van der Waals surface area contributed by atoms with Gasteiger partial charge < -0.3 is 15.0 Å². The van der Waals surface area contributed by atoms with Crippen LogP contribution in [0.15, 0.2) is 88.6 Å². The third-order valence-electron chi connectivity index (χ3n) is 5.22. The van der Waals surface area contributed by atoms with E-state index < -0.39 is 23.6 Å². The maximum absolute atomic E-state index is 15.0. The number of amides is 1. The monoisotopic (exact) mass is 481 g/mol. The fourth-order valence-corrected chi connectivity index (χ4v) is 4.70. The van der Waals surface area contributed by atoms with Gasteiger partial charge in [-0.2, -0.15) is 0 Å². The van der Waals surface area contributed by atoms with E-state index in [-0.39, 0.29) is 30.1 Å². The number of carbonyl (C=O) groups excluding carboxylic acids is 2. The number of carbonyl (C=O) groups is 2. The first kappa shape index (κ1) is 23.4. The lowest BCUT2D eigenvalue weighted by molar-refractivity contribution is -0.138.